The van der Waals surface area contributed by atoms with Gasteiger partial charge in [-0.3, -0.25) is 4.79 Å². The highest BCUT2D eigenvalue weighted by atomic mass is 127. The summed E-state index contributed by atoms with van der Waals surface area (Å²) in [7, 11) is 0. The summed E-state index contributed by atoms with van der Waals surface area (Å²) in [5, 5.41) is 0. The SMILES string of the molecule is CC(C)(C)OC(=O)N1CCN(C(N)=NCc2ccccc2CN2CCCC2=O)CC1.I. The van der Waals surface area contributed by atoms with Gasteiger partial charge >= 0.3 is 6.09 Å². The first kappa shape index (κ1) is 25.2. The highest BCUT2D eigenvalue weighted by molar-refractivity contribution is 14.0. The van der Waals surface area contributed by atoms with Gasteiger partial charge in [0.25, 0.3) is 0 Å². The van der Waals surface area contributed by atoms with Crippen LogP contribution in [-0.4, -0.2) is 71.0 Å². The van der Waals surface area contributed by atoms with Gasteiger partial charge in [0, 0.05) is 45.7 Å². The third kappa shape index (κ3) is 7.26. The molecule has 0 aliphatic carbocycles. The first-order valence-corrected chi connectivity index (χ1v) is 10.6. The fraction of sp³-hybridized carbons (Fsp3) is 0.591. The molecule has 0 spiro atoms. The Balaban J connectivity index is 0.00000341. The number of hydrogen-bond acceptors (Lipinski definition) is 4. The average molecular weight is 543 g/mol. The van der Waals surface area contributed by atoms with Crippen molar-refractivity contribution in [3.63, 3.8) is 0 Å². The lowest BCUT2D eigenvalue weighted by molar-refractivity contribution is -0.128. The Bertz CT molecular complexity index is 801. The molecule has 1 aromatic rings. The third-order valence-corrected chi connectivity index (χ3v) is 5.32. The fourth-order valence-corrected chi connectivity index (χ4v) is 3.65. The van der Waals surface area contributed by atoms with Gasteiger partial charge in [-0.05, 0) is 38.3 Å². The molecule has 2 heterocycles. The lowest BCUT2D eigenvalue weighted by Crippen LogP contribution is -2.53. The predicted molar refractivity (Wildman–Crippen MR) is 131 cm³/mol. The van der Waals surface area contributed by atoms with E-state index >= 15 is 0 Å². The van der Waals surface area contributed by atoms with Crippen LogP contribution in [0.25, 0.3) is 0 Å². The normalized spacial score (nSPS) is 17.6. The van der Waals surface area contributed by atoms with E-state index in [1.54, 1.807) is 4.90 Å². The zero-order valence-corrected chi connectivity index (χ0v) is 21.0. The second-order valence-electron chi connectivity index (χ2n) is 8.82. The van der Waals surface area contributed by atoms with Crippen molar-refractivity contribution in [2.24, 2.45) is 10.7 Å². The lowest BCUT2D eigenvalue weighted by Gasteiger charge is -2.36. The van der Waals surface area contributed by atoms with Crippen molar-refractivity contribution in [3.05, 3.63) is 35.4 Å². The van der Waals surface area contributed by atoms with Crippen LogP contribution < -0.4 is 5.73 Å². The van der Waals surface area contributed by atoms with Crippen molar-refractivity contribution in [2.75, 3.05) is 32.7 Å². The zero-order valence-electron chi connectivity index (χ0n) is 18.7. The molecular formula is C22H34IN5O3. The number of rotatable bonds is 4. The van der Waals surface area contributed by atoms with Crippen molar-refractivity contribution < 1.29 is 14.3 Å². The Hall–Kier alpha value is -2.04. The molecule has 2 N–H and O–H groups in total. The van der Waals surface area contributed by atoms with Crippen LogP contribution in [0.1, 0.15) is 44.7 Å². The molecule has 0 bridgehead atoms. The molecule has 0 unspecified atom stereocenters. The number of amides is 2. The molecule has 9 heteroatoms. The topological polar surface area (TPSA) is 91.5 Å². The van der Waals surface area contributed by atoms with Gasteiger partial charge in [-0.2, -0.15) is 0 Å². The number of carbonyl (C=O) groups is 2. The maximum Gasteiger partial charge on any atom is 0.410 e. The first-order chi connectivity index (χ1) is 14.2. The number of nitrogens with two attached hydrogens (primary N) is 1. The Kier molecular flexibility index (Phi) is 8.96. The van der Waals surface area contributed by atoms with E-state index in [4.69, 9.17) is 10.5 Å². The van der Waals surface area contributed by atoms with Crippen molar-refractivity contribution in [2.45, 2.75) is 52.3 Å². The van der Waals surface area contributed by atoms with Gasteiger partial charge in [-0.25, -0.2) is 9.79 Å². The Morgan fingerprint density at radius 3 is 2.26 bits per heavy atom. The number of ether oxygens (including phenoxy) is 1. The van der Waals surface area contributed by atoms with Crippen LogP contribution in [0.3, 0.4) is 0 Å². The zero-order chi connectivity index (χ0) is 21.7. The van der Waals surface area contributed by atoms with E-state index in [2.05, 4.69) is 4.99 Å². The number of nitrogens with zero attached hydrogens (tertiary/aromatic N) is 4. The van der Waals surface area contributed by atoms with Gasteiger partial charge in [0.2, 0.25) is 5.91 Å². The first-order valence-electron chi connectivity index (χ1n) is 10.6. The Morgan fingerprint density at radius 2 is 1.68 bits per heavy atom. The number of halogens is 1. The quantitative estimate of drug-likeness (QED) is 0.359. The van der Waals surface area contributed by atoms with Crippen LogP contribution >= 0.6 is 24.0 Å². The monoisotopic (exact) mass is 543 g/mol. The summed E-state index contributed by atoms with van der Waals surface area (Å²) in [6.07, 6.45) is 1.28. The molecule has 0 aromatic heterocycles. The number of likely N-dealkylation sites (tertiary alicyclic amines) is 1. The maximum atomic E-state index is 12.2. The fourth-order valence-electron chi connectivity index (χ4n) is 3.65. The second kappa shape index (κ2) is 11.0. The lowest BCUT2D eigenvalue weighted by atomic mass is 10.1. The molecule has 0 saturated carbocycles. The number of benzene rings is 1. The minimum atomic E-state index is -0.498. The van der Waals surface area contributed by atoms with Crippen molar-refractivity contribution >= 4 is 41.9 Å². The van der Waals surface area contributed by atoms with Crippen molar-refractivity contribution in [3.8, 4) is 0 Å². The van der Waals surface area contributed by atoms with Gasteiger partial charge in [0.15, 0.2) is 5.96 Å². The van der Waals surface area contributed by atoms with Crippen LogP contribution in [0.2, 0.25) is 0 Å². The number of hydrogen-bond donors (Lipinski definition) is 1. The summed E-state index contributed by atoms with van der Waals surface area (Å²) in [5.41, 5.74) is 7.92. The van der Waals surface area contributed by atoms with Crippen LogP contribution in [0.15, 0.2) is 29.3 Å². The van der Waals surface area contributed by atoms with E-state index in [-0.39, 0.29) is 36.0 Å². The van der Waals surface area contributed by atoms with Crippen LogP contribution in [-0.2, 0) is 22.6 Å². The highest BCUT2D eigenvalue weighted by Crippen LogP contribution is 2.18. The molecule has 172 valence electrons. The molecule has 31 heavy (non-hydrogen) atoms. The van der Waals surface area contributed by atoms with E-state index in [1.807, 2.05) is 54.8 Å². The maximum absolute atomic E-state index is 12.2. The van der Waals surface area contributed by atoms with E-state index in [0.717, 1.165) is 24.1 Å². The third-order valence-electron chi connectivity index (χ3n) is 5.32. The Labute approximate surface area is 201 Å². The minimum absolute atomic E-state index is 0. The molecule has 2 amide bonds. The molecule has 2 aliphatic rings. The number of carbonyl (C=O) groups excluding carboxylic acids is 2. The molecule has 0 radical (unpaired) electrons. The summed E-state index contributed by atoms with van der Waals surface area (Å²) < 4.78 is 5.43. The Morgan fingerprint density at radius 1 is 1.06 bits per heavy atom. The highest BCUT2D eigenvalue weighted by Gasteiger charge is 2.26. The van der Waals surface area contributed by atoms with E-state index in [1.165, 1.54) is 0 Å². The molecule has 2 fully saturated rings. The van der Waals surface area contributed by atoms with Gasteiger partial charge in [-0.1, -0.05) is 24.3 Å². The van der Waals surface area contributed by atoms with Crippen molar-refractivity contribution in [1.82, 2.24) is 14.7 Å². The molecule has 1 aromatic carbocycles. The summed E-state index contributed by atoms with van der Waals surface area (Å²) >= 11 is 0. The molecule has 2 saturated heterocycles. The number of guanidine groups is 1. The van der Waals surface area contributed by atoms with E-state index in [0.29, 0.717) is 51.6 Å². The molecule has 3 rings (SSSR count). The summed E-state index contributed by atoms with van der Waals surface area (Å²) in [6, 6.07) is 8.05. The van der Waals surface area contributed by atoms with Crippen LogP contribution in [0.4, 0.5) is 4.79 Å². The summed E-state index contributed by atoms with van der Waals surface area (Å²) in [4.78, 5) is 34.3. The van der Waals surface area contributed by atoms with Crippen LogP contribution in [0, 0.1) is 0 Å². The average Bonchev–Trinajstić information content (AvgIpc) is 3.10. The number of piperazine rings is 1. The second-order valence-corrected chi connectivity index (χ2v) is 8.82. The van der Waals surface area contributed by atoms with Gasteiger partial charge in [-0.15, -0.1) is 24.0 Å². The molecule has 8 nitrogen and oxygen atoms in total. The standard InChI is InChI=1S/C22H33N5O3.HI/c1-22(2,3)30-21(29)26-13-11-25(12-14-26)20(23)24-15-17-7-4-5-8-18(17)16-27-10-6-9-19(27)28;/h4-5,7-8H,6,9-16H2,1-3H3,(H2,23,24);1H. The van der Waals surface area contributed by atoms with Gasteiger partial charge in [0.1, 0.15) is 5.60 Å². The van der Waals surface area contributed by atoms with Gasteiger partial charge < -0.3 is 25.2 Å². The summed E-state index contributed by atoms with van der Waals surface area (Å²) in [6.45, 7) is 9.86. The minimum Gasteiger partial charge on any atom is -0.444 e. The molecule has 0 atom stereocenters. The van der Waals surface area contributed by atoms with E-state index < -0.39 is 5.60 Å². The molecule has 2 aliphatic heterocycles. The number of aliphatic imine (C=N–C) groups is 1. The summed E-state index contributed by atoms with van der Waals surface area (Å²) in [5.74, 6) is 0.696. The smallest absolute Gasteiger partial charge is 0.410 e. The van der Waals surface area contributed by atoms with Crippen molar-refractivity contribution in [1.29, 1.82) is 0 Å². The largest absolute Gasteiger partial charge is 0.444 e. The van der Waals surface area contributed by atoms with Crippen LogP contribution in [0.5, 0.6) is 0 Å². The van der Waals surface area contributed by atoms with E-state index in [9.17, 15) is 9.59 Å². The van der Waals surface area contributed by atoms with Gasteiger partial charge in [0.05, 0.1) is 6.54 Å². The molecular weight excluding hydrogens is 509 g/mol. The predicted octanol–water partition coefficient (Wildman–Crippen LogP) is 2.79.